The topological polar surface area (TPSA) is 45.7 Å². The minimum atomic E-state index is -0.915. The van der Waals surface area contributed by atoms with Crippen molar-refractivity contribution in [2.75, 3.05) is 26.2 Å². The van der Waals surface area contributed by atoms with Crippen LogP contribution in [0.15, 0.2) is 23.2 Å². The van der Waals surface area contributed by atoms with E-state index in [1.807, 2.05) is 13.8 Å². The predicted octanol–water partition coefficient (Wildman–Crippen LogP) is 1.92. The summed E-state index contributed by atoms with van der Waals surface area (Å²) in [5.74, 6) is -0.796. The molecule has 0 fully saturated rings. The largest absolute Gasteiger partial charge is 0.492 e. The van der Waals surface area contributed by atoms with Crippen molar-refractivity contribution in [1.82, 2.24) is 10.6 Å². The average Bonchev–Trinajstić information content (AvgIpc) is 2.39. The maximum atomic E-state index is 12.9. The summed E-state index contributed by atoms with van der Waals surface area (Å²) in [6.07, 6.45) is 0. The molecule has 6 heteroatoms. The van der Waals surface area contributed by atoms with Gasteiger partial charge in [0.25, 0.3) is 0 Å². The molecule has 1 aromatic carbocycles. The smallest absolute Gasteiger partial charge is 0.191 e. The lowest BCUT2D eigenvalue weighted by molar-refractivity contribution is 0.325. The summed E-state index contributed by atoms with van der Waals surface area (Å²) in [5, 5.41) is 6.15. The van der Waals surface area contributed by atoms with Crippen LogP contribution in [0.4, 0.5) is 8.78 Å². The molecule has 4 nitrogen and oxygen atoms in total. The first kappa shape index (κ1) is 15.2. The highest BCUT2D eigenvalue weighted by Gasteiger charge is 2.02. The molecule has 0 aliphatic carbocycles. The highest BCUT2D eigenvalue weighted by Crippen LogP contribution is 2.14. The third-order valence-electron chi connectivity index (χ3n) is 2.21. The predicted molar refractivity (Wildman–Crippen MR) is 71.5 cm³/mol. The van der Waals surface area contributed by atoms with Gasteiger partial charge in [-0.05, 0) is 26.0 Å². The molecule has 1 aromatic rings. The molecule has 106 valence electrons. The van der Waals surface area contributed by atoms with Gasteiger partial charge in [-0.3, -0.25) is 0 Å². The van der Waals surface area contributed by atoms with Crippen LogP contribution in [0, 0.1) is 11.6 Å². The van der Waals surface area contributed by atoms with E-state index in [1.54, 1.807) is 0 Å². The zero-order chi connectivity index (χ0) is 14.1. The van der Waals surface area contributed by atoms with Gasteiger partial charge in [-0.25, -0.2) is 13.8 Å². The standard InChI is InChI=1S/C13H19F2N3O/c1-3-16-13(17-4-2)18-7-8-19-10-5-6-11(14)12(15)9-10/h5-6,9H,3-4,7-8H2,1-2H3,(H2,16,17,18). The second-order valence-electron chi connectivity index (χ2n) is 3.72. The summed E-state index contributed by atoms with van der Waals surface area (Å²) in [6.45, 7) is 6.22. The zero-order valence-corrected chi connectivity index (χ0v) is 11.2. The quantitative estimate of drug-likeness (QED) is 0.472. The Labute approximate surface area is 111 Å². The SMILES string of the molecule is CCNC(=NCCOc1ccc(F)c(F)c1)NCC. The highest BCUT2D eigenvalue weighted by atomic mass is 19.2. The van der Waals surface area contributed by atoms with Crippen molar-refractivity contribution in [3.8, 4) is 5.75 Å². The normalized spacial score (nSPS) is 9.89. The summed E-state index contributed by atoms with van der Waals surface area (Å²) in [4.78, 5) is 4.26. The minimum Gasteiger partial charge on any atom is -0.492 e. The molecule has 0 saturated heterocycles. The first-order valence-electron chi connectivity index (χ1n) is 6.27. The Morgan fingerprint density at radius 2 is 1.84 bits per heavy atom. The Hall–Kier alpha value is -1.85. The number of nitrogens with one attached hydrogen (secondary N) is 2. The van der Waals surface area contributed by atoms with Gasteiger partial charge in [0.15, 0.2) is 17.6 Å². The van der Waals surface area contributed by atoms with Gasteiger partial charge < -0.3 is 15.4 Å². The molecule has 2 N–H and O–H groups in total. The van der Waals surface area contributed by atoms with Crippen LogP contribution in [0.3, 0.4) is 0 Å². The van der Waals surface area contributed by atoms with Crippen molar-refractivity contribution in [3.63, 3.8) is 0 Å². The number of aliphatic imine (C=N–C) groups is 1. The first-order chi connectivity index (χ1) is 9.17. The lowest BCUT2D eigenvalue weighted by atomic mass is 10.3. The van der Waals surface area contributed by atoms with Gasteiger partial charge in [-0.1, -0.05) is 0 Å². The number of nitrogens with zero attached hydrogens (tertiary/aromatic N) is 1. The molecule has 0 aromatic heterocycles. The average molecular weight is 271 g/mol. The van der Waals surface area contributed by atoms with Gasteiger partial charge in [-0.2, -0.15) is 0 Å². The van der Waals surface area contributed by atoms with Gasteiger partial charge in [0.1, 0.15) is 12.4 Å². The lowest BCUT2D eigenvalue weighted by Gasteiger charge is -2.09. The van der Waals surface area contributed by atoms with E-state index in [1.165, 1.54) is 6.07 Å². The van der Waals surface area contributed by atoms with Gasteiger partial charge in [0.2, 0.25) is 0 Å². The van der Waals surface area contributed by atoms with E-state index in [0.29, 0.717) is 24.9 Å². The fraction of sp³-hybridized carbons (Fsp3) is 0.462. The van der Waals surface area contributed by atoms with Gasteiger partial charge >= 0.3 is 0 Å². The van der Waals surface area contributed by atoms with Crippen molar-refractivity contribution in [3.05, 3.63) is 29.8 Å². The van der Waals surface area contributed by atoms with E-state index in [4.69, 9.17) is 4.74 Å². The molecule has 0 aliphatic rings. The van der Waals surface area contributed by atoms with Crippen LogP contribution >= 0.6 is 0 Å². The number of hydrogen-bond acceptors (Lipinski definition) is 2. The van der Waals surface area contributed by atoms with Crippen molar-refractivity contribution >= 4 is 5.96 Å². The molecule has 0 amide bonds. The summed E-state index contributed by atoms with van der Waals surface area (Å²) in [6, 6.07) is 3.45. The van der Waals surface area contributed by atoms with Crippen molar-refractivity contribution in [2.24, 2.45) is 4.99 Å². The fourth-order valence-corrected chi connectivity index (χ4v) is 1.40. The van der Waals surface area contributed by atoms with Crippen LogP contribution in [0.25, 0.3) is 0 Å². The molecule has 19 heavy (non-hydrogen) atoms. The Balaban J connectivity index is 2.40. The van der Waals surface area contributed by atoms with E-state index < -0.39 is 11.6 Å². The molecule has 0 saturated carbocycles. The second-order valence-corrected chi connectivity index (χ2v) is 3.72. The fourth-order valence-electron chi connectivity index (χ4n) is 1.40. The molecule has 0 heterocycles. The Kier molecular flexibility index (Phi) is 6.63. The zero-order valence-electron chi connectivity index (χ0n) is 11.2. The van der Waals surface area contributed by atoms with Gasteiger partial charge in [0.05, 0.1) is 6.54 Å². The number of hydrogen-bond donors (Lipinski definition) is 2. The second kappa shape index (κ2) is 8.29. The lowest BCUT2D eigenvalue weighted by Crippen LogP contribution is -2.37. The number of halogens is 2. The van der Waals surface area contributed by atoms with Crippen LogP contribution in [0.5, 0.6) is 5.75 Å². The van der Waals surface area contributed by atoms with Crippen LogP contribution in [-0.4, -0.2) is 32.2 Å². The van der Waals surface area contributed by atoms with Crippen LogP contribution < -0.4 is 15.4 Å². The molecule has 0 spiro atoms. The minimum absolute atomic E-state index is 0.294. The molecule has 0 radical (unpaired) electrons. The van der Waals surface area contributed by atoms with Crippen LogP contribution in [-0.2, 0) is 0 Å². The Morgan fingerprint density at radius 3 is 2.42 bits per heavy atom. The van der Waals surface area contributed by atoms with E-state index in [0.717, 1.165) is 25.2 Å². The third-order valence-corrected chi connectivity index (χ3v) is 2.21. The molecule has 0 bridgehead atoms. The monoisotopic (exact) mass is 271 g/mol. The third kappa shape index (κ3) is 5.54. The van der Waals surface area contributed by atoms with Crippen LogP contribution in [0.2, 0.25) is 0 Å². The number of benzene rings is 1. The highest BCUT2D eigenvalue weighted by molar-refractivity contribution is 5.79. The van der Waals surface area contributed by atoms with Crippen molar-refractivity contribution < 1.29 is 13.5 Å². The number of guanidine groups is 1. The summed E-state index contributed by atoms with van der Waals surface area (Å²) < 4.78 is 30.9. The summed E-state index contributed by atoms with van der Waals surface area (Å²) in [7, 11) is 0. The Bertz CT molecular complexity index is 416. The maximum absolute atomic E-state index is 12.9. The van der Waals surface area contributed by atoms with Gasteiger partial charge in [-0.15, -0.1) is 0 Å². The molecule has 0 aliphatic heterocycles. The van der Waals surface area contributed by atoms with Gasteiger partial charge in [0, 0.05) is 19.2 Å². The van der Waals surface area contributed by atoms with E-state index in [9.17, 15) is 8.78 Å². The number of rotatable bonds is 6. The molecule has 0 atom stereocenters. The van der Waals surface area contributed by atoms with Crippen molar-refractivity contribution in [2.45, 2.75) is 13.8 Å². The molecule has 1 rings (SSSR count). The van der Waals surface area contributed by atoms with E-state index in [-0.39, 0.29) is 0 Å². The maximum Gasteiger partial charge on any atom is 0.191 e. The first-order valence-corrected chi connectivity index (χ1v) is 6.27. The number of ether oxygens (including phenoxy) is 1. The molecular formula is C13H19F2N3O. The van der Waals surface area contributed by atoms with E-state index in [2.05, 4.69) is 15.6 Å². The Morgan fingerprint density at radius 1 is 1.16 bits per heavy atom. The van der Waals surface area contributed by atoms with E-state index >= 15 is 0 Å². The summed E-state index contributed by atoms with van der Waals surface area (Å²) in [5.41, 5.74) is 0. The molecular weight excluding hydrogens is 252 g/mol. The molecule has 0 unspecified atom stereocenters. The van der Waals surface area contributed by atoms with Crippen molar-refractivity contribution in [1.29, 1.82) is 0 Å². The summed E-state index contributed by atoms with van der Waals surface area (Å²) >= 11 is 0. The van der Waals surface area contributed by atoms with Crippen LogP contribution in [0.1, 0.15) is 13.8 Å².